The number of nitrogens with one attached hydrogen (secondary N) is 1. The summed E-state index contributed by atoms with van der Waals surface area (Å²) in [6.07, 6.45) is 2.54. The van der Waals surface area contributed by atoms with Gasteiger partial charge in [-0.25, -0.2) is 0 Å². The molecule has 1 aromatic rings. The second-order valence-corrected chi connectivity index (χ2v) is 4.59. The van der Waals surface area contributed by atoms with Crippen molar-refractivity contribution < 1.29 is 4.52 Å². The van der Waals surface area contributed by atoms with E-state index in [4.69, 9.17) is 4.52 Å². The largest absolute Gasteiger partial charge is 0.361 e. The Labute approximate surface area is 97.0 Å². The molecule has 0 aliphatic heterocycles. The molecule has 1 aliphatic carbocycles. The number of likely N-dealkylation sites (N-methyl/N-ethyl adjacent to an activating group) is 2. The molecule has 4 heteroatoms. The second-order valence-electron chi connectivity index (χ2n) is 4.59. The fourth-order valence-electron chi connectivity index (χ4n) is 1.77. The van der Waals surface area contributed by atoms with Crippen LogP contribution in [-0.4, -0.2) is 36.7 Å². The minimum atomic E-state index is 0.660. The Kier molecular flexibility index (Phi) is 3.96. The average molecular weight is 223 g/mol. The van der Waals surface area contributed by atoms with Crippen molar-refractivity contribution in [2.24, 2.45) is 0 Å². The Bertz CT molecular complexity index is 320. The molecule has 1 aromatic heterocycles. The molecule has 0 aromatic carbocycles. The van der Waals surface area contributed by atoms with Crippen LogP contribution in [0.2, 0.25) is 0 Å². The zero-order valence-corrected chi connectivity index (χ0v) is 10.2. The molecule has 1 N–H and O–H groups in total. The van der Waals surface area contributed by atoms with E-state index in [2.05, 4.69) is 35.4 Å². The zero-order valence-electron chi connectivity index (χ0n) is 10.2. The van der Waals surface area contributed by atoms with Gasteiger partial charge >= 0.3 is 0 Å². The van der Waals surface area contributed by atoms with E-state index in [1.807, 2.05) is 0 Å². The molecule has 0 saturated heterocycles. The van der Waals surface area contributed by atoms with Crippen molar-refractivity contribution in [3.05, 3.63) is 17.5 Å². The van der Waals surface area contributed by atoms with E-state index in [1.165, 1.54) is 12.8 Å². The molecule has 1 fully saturated rings. The van der Waals surface area contributed by atoms with Gasteiger partial charge in [-0.15, -0.1) is 0 Å². The maximum Gasteiger partial charge on any atom is 0.140 e. The zero-order chi connectivity index (χ0) is 11.4. The number of hydrogen-bond acceptors (Lipinski definition) is 4. The van der Waals surface area contributed by atoms with Crippen molar-refractivity contribution in [1.29, 1.82) is 0 Å². The molecule has 1 heterocycles. The summed E-state index contributed by atoms with van der Waals surface area (Å²) in [5, 5.41) is 7.42. The van der Waals surface area contributed by atoms with E-state index in [-0.39, 0.29) is 0 Å². The van der Waals surface area contributed by atoms with Crippen molar-refractivity contribution in [1.82, 2.24) is 15.4 Å². The van der Waals surface area contributed by atoms with Crippen LogP contribution in [0.1, 0.15) is 37.1 Å². The van der Waals surface area contributed by atoms with Gasteiger partial charge in [0.1, 0.15) is 5.76 Å². The van der Waals surface area contributed by atoms with E-state index < -0.39 is 0 Å². The highest BCUT2D eigenvalue weighted by Crippen LogP contribution is 2.40. The quantitative estimate of drug-likeness (QED) is 0.713. The van der Waals surface area contributed by atoms with Crippen LogP contribution in [0.5, 0.6) is 0 Å². The van der Waals surface area contributed by atoms with Gasteiger partial charge in [0.25, 0.3) is 0 Å². The maximum absolute atomic E-state index is 5.32. The summed E-state index contributed by atoms with van der Waals surface area (Å²) in [5.41, 5.74) is 1.06. The minimum Gasteiger partial charge on any atom is -0.361 e. The fourth-order valence-corrected chi connectivity index (χ4v) is 1.77. The van der Waals surface area contributed by atoms with E-state index in [0.29, 0.717) is 5.92 Å². The van der Waals surface area contributed by atoms with Crippen LogP contribution in [-0.2, 0) is 6.54 Å². The van der Waals surface area contributed by atoms with Crippen LogP contribution in [0, 0.1) is 0 Å². The van der Waals surface area contributed by atoms with Gasteiger partial charge < -0.3 is 9.84 Å². The molecule has 0 bridgehead atoms. The summed E-state index contributed by atoms with van der Waals surface area (Å²) in [7, 11) is 2.11. The van der Waals surface area contributed by atoms with Crippen LogP contribution in [0.4, 0.5) is 0 Å². The highest BCUT2D eigenvalue weighted by molar-refractivity contribution is 5.14. The molecule has 1 aliphatic rings. The van der Waals surface area contributed by atoms with E-state index in [9.17, 15) is 0 Å². The first-order valence-corrected chi connectivity index (χ1v) is 6.14. The lowest BCUT2D eigenvalue weighted by molar-refractivity contribution is 0.307. The fraction of sp³-hybridized carbons (Fsp3) is 0.750. The van der Waals surface area contributed by atoms with E-state index in [1.54, 1.807) is 0 Å². The van der Waals surface area contributed by atoms with Crippen LogP contribution in [0.15, 0.2) is 10.6 Å². The molecule has 16 heavy (non-hydrogen) atoms. The molecule has 0 atom stereocenters. The van der Waals surface area contributed by atoms with Crippen LogP contribution >= 0.6 is 0 Å². The Morgan fingerprint density at radius 1 is 1.56 bits per heavy atom. The summed E-state index contributed by atoms with van der Waals surface area (Å²) < 4.78 is 5.32. The summed E-state index contributed by atoms with van der Waals surface area (Å²) in [5.74, 6) is 1.74. The van der Waals surface area contributed by atoms with E-state index >= 15 is 0 Å². The lowest BCUT2D eigenvalue weighted by atomic mass is 10.3. The summed E-state index contributed by atoms with van der Waals surface area (Å²) in [4.78, 5) is 2.26. The summed E-state index contributed by atoms with van der Waals surface area (Å²) in [6, 6.07) is 2.11. The average Bonchev–Trinajstić information content (AvgIpc) is 3.01. The maximum atomic E-state index is 5.32. The number of rotatable bonds is 7. The molecular weight excluding hydrogens is 202 g/mol. The van der Waals surface area contributed by atoms with E-state index in [0.717, 1.165) is 37.6 Å². The number of hydrogen-bond donors (Lipinski definition) is 1. The van der Waals surface area contributed by atoms with Crippen molar-refractivity contribution in [3.8, 4) is 0 Å². The molecule has 0 amide bonds. The third kappa shape index (κ3) is 3.32. The Balaban J connectivity index is 1.74. The molecule has 4 nitrogen and oxygen atoms in total. The topological polar surface area (TPSA) is 41.3 Å². The second kappa shape index (κ2) is 5.46. The highest BCUT2D eigenvalue weighted by Gasteiger charge is 2.27. The number of nitrogens with zero attached hydrogens (tertiary/aromatic N) is 2. The van der Waals surface area contributed by atoms with Gasteiger partial charge in [-0.05, 0) is 26.4 Å². The highest BCUT2D eigenvalue weighted by atomic mass is 16.5. The lowest BCUT2D eigenvalue weighted by Gasteiger charge is -2.14. The van der Waals surface area contributed by atoms with Crippen LogP contribution < -0.4 is 5.32 Å². The predicted molar refractivity (Wildman–Crippen MR) is 63.4 cm³/mol. The van der Waals surface area contributed by atoms with Crippen LogP contribution in [0.25, 0.3) is 0 Å². The lowest BCUT2D eigenvalue weighted by Crippen LogP contribution is -2.28. The Hall–Kier alpha value is -0.870. The third-order valence-corrected chi connectivity index (χ3v) is 2.91. The SMILES string of the molecule is CCNCCN(C)Cc1cc(C2CC2)on1. The van der Waals surface area contributed by atoms with Gasteiger partial charge in [0.05, 0.1) is 5.69 Å². The van der Waals surface area contributed by atoms with Gasteiger partial charge in [-0.3, -0.25) is 4.90 Å². The molecule has 1 saturated carbocycles. The van der Waals surface area contributed by atoms with Crippen molar-refractivity contribution in [2.45, 2.75) is 32.2 Å². The smallest absolute Gasteiger partial charge is 0.140 e. The normalized spacial score (nSPS) is 15.9. The van der Waals surface area contributed by atoms with Crippen molar-refractivity contribution in [3.63, 3.8) is 0 Å². The first-order valence-electron chi connectivity index (χ1n) is 6.14. The van der Waals surface area contributed by atoms with Gasteiger partial charge in [0.2, 0.25) is 0 Å². The molecular formula is C12H21N3O. The molecule has 2 rings (SSSR count). The number of aromatic nitrogens is 1. The first-order chi connectivity index (χ1) is 7.79. The van der Waals surface area contributed by atoms with Crippen molar-refractivity contribution >= 4 is 0 Å². The molecule has 0 unspecified atom stereocenters. The standard InChI is InChI=1S/C12H21N3O/c1-3-13-6-7-15(2)9-11-8-12(16-14-11)10-4-5-10/h8,10,13H,3-7,9H2,1-2H3. The van der Waals surface area contributed by atoms with Crippen LogP contribution in [0.3, 0.4) is 0 Å². The summed E-state index contributed by atoms with van der Waals surface area (Å²) >= 11 is 0. The van der Waals surface area contributed by atoms with Gasteiger partial charge in [0, 0.05) is 31.6 Å². The van der Waals surface area contributed by atoms with Gasteiger partial charge in [-0.1, -0.05) is 12.1 Å². The van der Waals surface area contributed by atoms with Gasteiger partial charge in [0.15, 0.2) is 0 Å². The molecule has 0 spiro atoms. The third-order valence-electron chi connectivity index (χ3n) is 2.91. The Morgan fingerprint density at radius 2 is 2.38 bits per heavy atom. The Morgan fingerprint density at radius 3 is 3.06 bits per heavy atom. The van der Waals surface area contributed by atoms with Crippen molar-refractivity contribution in [2.75, 3.05) is 26.7 Å². The first kappa shape index (κ1) is 11.6. The molecule has 0 radical (unpaired) electrons. The molecule has 90 valence electrons. The van der Waals surface area contributed by atoms with Gasteiger partial charge in [-0.2, -0.15) is 0 Å². The summed E-state index contributed by atoms with van der Waals surface area (Å²) in [6.45, 7) is 6.10. The monoisotopic (exact) mass is 223 g/mol. The minimum absolute atomic E-state index is 0.660. The predicted octanol–water partition coefficient (Wildman–Crippen LogP) is 1.59.